The van der Waals surface area contributed by atoms with Crippen LogP contribution in [0.25, 0.3) is 22.3 Å². The Bertz CT molecular complexity index is 1800. The number of cyclic esters (lactones) is 1. The van der Waals surface area contributed by atoms with Crippen molar-refractivity contribution in [3.8, 4) is 11.4 Å². The fourth-order valence-corrected chi connectivity index (χ4v) is 6.82. The Hall–Kier alpha value is -4.16. The maximum absolute atomic E-state index is 15.2. The van der Waals surface area contributed by atoms with E-state index in [1.807, 2.05) is 0 Å². The summed E-state index contributed by atoms with van der Waals surface area (Å²) in [7, 11) is 0. The van der Waals surface area contributed by atoms with Gasteiger partial charge in [-0.15, -0.1) is 0 Å². The maximum atomic E-state index is 15.2. The molecule has 3 aromatic rings. The van der Waals surface area contributed by atoms with Crippen LogP contribution in [0.4, 0.5) is 4.39 Å². The number of carbonyl (C=O) groups excluding carboxylic acids is 3. The summed E-state index contributed by atoms with van der Waals surface area (Å²) in [4.78, 5) is 55.2. The number of nitrogens with zero attached hydrogens (tertiary/aromatic N) is 2. The van der Waals surface area contributed by atoms with Gasteiger partial charge in [0.25, 0.3) is 5.56 Å². The number of pyridine rings is 2. The SMILES string of the molecule is CC[C@@]1(O)C(=O)OCc2c1cc1n(c2=O)Cc2c-1nc1cc(F)c(C)c3c1c2C(COCCOC(C)=O)(NC(C)=O)CC3. The molecule has 43 heavy (non-hydrogen) atoms. The van der Waals surface area contributed by atoms with Crippen molar-refractivity contribution in [1.29, 1.82) is 0 Å². The van der Waals surface area contributed by atoms with E-state index >= 15 is 4.39 Å². The third kappa shape index (κ3) is 4.34. The molecule has 1 aliphatic carbocycles. The molecule has 0 spiro atoms. The van der Waals surface area contributed by atoms with Gasteiger partial charge in [0.2, 0.25) is 5.91 Å². The normalized spacial score (nSPS) is 21.6. The molecule has 0 fully saturated rings. The van der Waals surface area contributed by atoms with Gasteiger partial charge >= 0.3 is 11.9 Å². The first-order valence-electron chi connectivity index (χ1n) is 14.2. The van der Waals surface area contributed by atoms with E-state index < -0.39 is 34.5 Å². The van der Waals surface area contributed by atoms with Crippen molar-refractivity contribution in [1.82, 2.24) is 14.9 Å². The summed E-state index contributed by atoms with van der Waals surface area (Å²) in [6.45, 7) is 6.00. The molecule has 3 aliphatic rings. The van der Waals surface area contributed by atoms with E-state index in [2.05, 4.69) is 5.32 Å². The highest BCUT2D eigenvalue weighted by Crippen LogP contribution is 2.48. The van der Waals surface area contributed by atoms with Crippen LogP contribution in [-0.4, -0.2) is 52.3 Å². The highest BCUT2D eigenvalue weighted by atomic mass is 19.1. The molecule has 226 valence electrons. The summed E-state index contributed by atoms with van der Waals surface area (Å²) in [5.74, 6) is -2.00. The van der Waals surface area contributed by atoms with Gasteiger partial charge in [-0.05, 0) is 48.9 Å². The van der Waals surface area contributed by atoms with Gasteiger partial charge in [-0.25, -0.2) is 14.2 Å². The molecule has 12 heteroatoms. The number of benzene rings is 1. The van der Waals surface area contributed by atoms with Gasteiger partial charge in [0.05, 0.1) is 47.8 Å². The van der Waals surface area contributed by atoms with Crippen LogP contribution in [0, 0.1) is 12.7 Å². The molecule has 0 bridgehead atoms. The molecule has 11 nitrogen and oxygen atoms in total. The molecule has 1 aromatic carbocycles. The van der Waals surface area contributed by atoms with Crippen molar-refractivity contribution in [3.63, 3.8) is 0 Å². The van der Waals surface area contributed by atoms with Crippen LogP contribution in [0.3, 0.4) is 0 Å². The second-order valence-electron chi connectivity index (χ2n) is 11.4. The Balaban J connectivity index is 1.60. The van der Waals surface area contributed by atoms with Gasteiger partial charge < -0.3 is 29.2 Å². The van der Waals surface area contributed by atoms with Crippen LogP contribution in [0.2, 0.25) is 0 Å². The molecular weight excluding hydrogens is 561 g/mol. The van der Waals surface area contributed by atoms with Crippen LogP contribution in [0.1, 0.15) is 67.0 Å². The smallest absolute Gasteiger partial charge is 0.343 e. The number of ether oxygens (including phenoxy) is 3. The number of hydrogen-bond acceptors (Lipinski definition) is 9. The number of aromatic nitrogens is 2. The number of aryl methyl sites for hydroxylation is 1. The molecule has 0 radical (unpaired) electrons. The predicted molar refractivity (Wildman–Crippen MR) is 150 cm³/mol. The summed E-state index contributed by atoms with van der Waals surface area (Å²) >= 11 is 0. The zero-order chi connectivity index (χ0) is 30.8. The van der Waals surface area contributed by atoms with Crippen molar-refractivity contribution in [2.75, 3.05) is 19.8 Å². The van der Waals surface area contributed by atoms with E-state index in [9.17, 15) is 24.3 Å². The highest BCUT2D eigenvalue weighted by molar-refractivity contribution is 5.94. The zero-order valence-corrected chi connectivity index (χ0v) is 24.4. The molecule has 2 aliphatic heterocycles. The van der Waals surface area contributed by atoms with Gasteiger partial charge in [0.15, 0.2) is 5.60 Å². The molecule has 6 rings (SSSR count). The van der Waals surface area contributed by atoms with Gasteiger partial charge in [-0.1, -0.05) is 6.92 Å². The Labute approximate surface area is 246 Å². The first-order valence-corrected chi connectivity index (χ1v) is 14.2. The fraction of sp³-hybridized carbons (Fsp3) is 0.452. The summed E-state index contributed by atoms with van der Waals surface area (Å²) in [6.07, 6.45) is 0.809. The van der Waals surface area contributed by atoms with E-state index in [-0.39, 0.29) is 56.4 Å². The lowest BCUT2D eigenvalue weighted by Gasteiger charge is -2.41. The van der Waals surface area contributed by atoms with Crippen LogP contribution < -0.4 is 10.9 Å². The number of rotatable bonds is 7. The summed E-state index contributed by atoms with van der Waals surface area (Å²) < 4.78 is 32.9. The van der Waals surface area contributed by atoms with Gasteiger partial charge in [0.1, 0.15) is 19.0 Å². The van der Waals surface area contributed by atoms with Gasteiger partial charge in [-0.3, -0.25) is 14.4 Å². The number of aliphatic hydroxyl groups is 1. The third-order valence-electron chi connectivity index (χ3n) is 8.88. The van der Waals surface area contributed by atoms with Crippen LogP contribution >= 0.6 is 0 Å². The Morgan fingerprint density at radius 1 is 1.19 bits per heavy atom. The quantitative estimate of drug-likeness (QED) is 0.244. The van der Waals surface area contributed by atoms with Gasteiger partial charge in [0, 0.05) is 36.4 Å². The molecule has 2 atom stereocenters. The number of hydrogen-bond donors (Lipinski definition) is 2. The molecule has 0 saturated carbocycles. The van der Waals surface area contributed by atoms with Crippen LogP contribution in [0.5, 0.6) is 0 Å². The summed E-state index contributed by atoms with van der Waals surface area (Å²) in [5, 5.41) is 15.0. The third-order valence-corrected chi connectivity index (χ3v) is 8.88. The number of halogens is 1. The Morgan fingerprint density at radius 2 is 1.95 bits per heavy atom. The first-order chi connectivity index (χ1) is 20.4. The molecule has 0 saturated heterocycles. The number of fused-ring (bicyclic) bond motifs is 5. The molecule has 1 unspecified atom stereocenters. The average molecular weight is 594 g/mol. The Morgan fingerprint density at radius 3 is 2.65 bits per heavy atom. The van der Waals surface area contributed by atoms with E-state index in [0.717, 1.165) is 5.56 Å². The average Bonchev–Trinajstić information content (AvgIpc) is 3.32. The van der Waals surface area contributed by atoms with Crippen molar-refractivity contribution in [2.24, 2.45) is 0 Å². The lowest BCUT2D eigenvalue weighted by atomic mass is 9.73. The largest absolute Gasteiger partial charge is 0.463 e. The van der Waals surface area contributed by atoms with Gasteiger partial charge in [-0.2, -0.15) is 0 Å². The lowest BCUT2D eigenvalue weighted by molar-refractivity contribution is -0.172. The second-order valence-corrected chi connectivity index (χ2v) is 11.4. The number of amides is 1. The van der Waals surface area contributed by atoms with Crippen molar-refractivity contribution < 1.29 is 38.1 Å². The summed E-state index contributed by atoms with van der Waals surface area (Å²) in [6, 6.07) is 2.95. The molecule has 2 N–H and O–H groups in total. The fourth-order valence-electron chi connectivity index (χ4n) is 6.82. The van der Waals surface area contributed by atoms with Crippen molar-refractivity contribution in [3.05, 3.63) is 61.7 Å². The minimum atomic E-state index is -2.00. The lowest BCUT2D eigenvalue weighted by Crippen LogP contribution is -2.51. The topological polar surface area (TPSA) is 146 Å². The van der Waals surface area contributed by atoms with E-state index in [0.29, 0.717) is 51.8 Å². The van der Waals surface area contributed by atoms with E-state index in [4.69, 9.17) is 19.2 Å². The highest BCUT2D eigenvalue weighted by Gasteiger charge is 2.47. The van der Waals surface area contributed by atoms with Crippen LogP contribution in [0.15, 0.2) is 16.9 Å². The molecule has 2 aromatic heterocycles. The first kappa shape index (κ1) is 28.9. The second kappa shape index (κ2) is 10.2. The minimum absolute atomic E-state index is 0.00481. The molecule has 1 amide bonds. The Kier molecular flexibility index (Phi) is 6.89. The van der Waals surface area contributed by atoms with Crippen molar-refractivity contribution in [2.45, 2.75) is 71.2 Å². The number of esters is 2. The molecule has 4 heterocycles. The number of carbonyl (C=O) groups is 3. The maximum Gasteiger partial charge on any atom is 0.343 e. The predicted octanol–water partition coefficient (Wildman–Crippen LogP) is 2.38. The minimum Gasteiger partial charge on any atom is -0.463 e. The van der Waals surface area contributed by atoms with E-state index in [1.54, 1.807) is 19.9 Å². The zero-order valence-electron chi connectivity index (χ0n) is 24.4. The number of nitrogens with one attached hydrogen (secondary N) is 1. The standard InChI is InChI=1S/C31H32FN3O8/c1-5-31(40)21-10-24-27-19(12-35(24)28(38)20(21)13-43-29(31)39)26-25-18(15(2)22(32)11-23(25)33-27)6-7-30(26,34-16(3)36)14-41-8-9-42-17(4)37/h10-11,40H,5-9,12-14H2,1-4H3,(H,34,36)/t30?,31-/m0/s1. The molecular formula is C31H32FN3O8. The van der Waals surface area contributed by atoms with Crippen molar-refractivity contribution >= 4 is 28.7 Å². The van der Waals surface area contributed by atoms with Crippen LogP contribution in [-0.2, 0) is 59.3 Å². The monoisotopic (exact) mass is 593 g/mol. The van der Waals surface area contributed by atoms with E-state index in [1.165, 1.54) is 24.5 Å². The summed E-state index contributed by atoms with van der Waals surface area (Å²) in [5.41, 5.74) is 0.560.